The minimum atomic E-state index is -0.454. The number of nitro groups is 1. The second-order valence-corrected chi connectivity index (χ2v) is 6.15. The van der Waals surface area contributed by atoms with Crippen molar-refractivity contribution in [2.45, 2.75) is 12.3 Å². The van der Waals surface area contributed by atoms with Crippen LogP contribution in [0.25, 0.3) is 0 Å². The quantitative estimate of drug-likeness (QED) is 0.534. The van der Waals surface area contributed by atoms with Gasteiger partial charge in [0.05, 0.1) is 4.92 Å². The molecule has 0 radical (unpaired) electrons. The smallest absolute Gasteiger partial charge is 0.269 e. The topological polar surface area (TPSA) is 55.2 Å². The fourth-order valence-electron chi connectivity index (χ4n) is 3.57. The van der Waals surface area contributed by atoms with Gasteiger partial charge >= 0.3 is 0 Å². The maximum Gasteiger partial charge on any atom is 0.269 e. The largest absolute Gasteiger partial charge is 0.355 e. The lowest BCUT2D eigenvalue weighted by molar-refractivity contribution is -0.384. The minimum Gasteiger partial charge on any atom is -0.355 e. The number of para-hydroxylation sites is 1. The van der Waals surface area contributed by atoms with Crippen LogP contribution in [0.3, 0.4) is 0 Å². The molecule has 3 aromatic rings. The summed E-state index contributed by atoms with van der Waals surface area (Å²) in [6, 6.07) is 23.3. The van der Waals surface area contributed by atoms with E-state index in [-0.39, 0.29) is 10.6 Å². The van der Waals surface area contributed by atoms with Gasteiger partial charge in [0.25, 0.3) is 5.69 Å². The van der Waals surface area contributed by atoms with E-state index < -0.39 is 5.41 Å². The van der Waals surface area contributed by atoms with Crippen LogP contribution in [0.5, 0.6) is 0 Å². The molecule has 24 heavy (non-hydrogen) atoms. The van der Waals surface area contributed by atoms with E-state index in [0.29, 0.717) is 0 Å². The highest BCUT2D eigenvalue weighted by Crippen LogP contribution is 2.49. The van der Waals surface area contributed by atoms with E-state index in [2.05, 4.69) is 30.4 Å². The minimum absolute atomic E-state index is 0.108. The van der Waals surface area contributed by atoms with Crippen LogP contribution < -0.4 is 5.32 Å². The summed E-state index contributed by atoms with van der Waals surface area (Å²) in [5, 5.41) is 14.7. The van der Waals surface area contributed by atoms with Gasteiger partial charge in [0.15, 0.2) is 0 Å². The second kappa shape index (κ2) is 5.20. The molecule has 0 amide bonds. The van der Waals surface area contributed by atoms with Crippen molar-refractivity contribution in [3.05, 3.63) is 99.6 Å². The number of nitrogens with zero attached hydrogens (tertiary/aromatic N) is 1. The third-order valence-corrected chi connectivity index (χ3v) is 4.84. The standard InChI is InChI=1S/C20H16N2O2/c1-20(14-7-3-2-4-8-14)16-9-5-6-10-18(16)21-19-12-11-15(22(23)24)13-17(19)20/h2-13,21H,1H3. The van der Waals surface area contributed by atoms with Crippen molar-refractivity contribution in [3.63, 3.8) is 0 Å². The maximum absolute atomic E-state index is 11.3. The van der Waals surface area contributed by atoms with Gasteiger partial charge in [0.1, 0.15) is 0 Å². The maximum atomic E-state index is 11.3. The number of hydrogen-bond donors (Lipinski definition) is 1. The number of benzene rings is 3. The SMILES string of the molecule is CC1(c2ccccc2)c2ccccc2Nc2ccc([N+](=O)[O-])cc21. The molecular formula is C20H16N2O2. The molecule has 0 aliphatic carbocycles. The van der Waals surface area contributed by atoms with E-state index in [4.69, 9.17) is 0 Å². The Morgan fingerprint density at radius 3 is 2.29 bits per heavy atom. The van der Waals surface area contributed by atoms with Gasteiger partial charge in [-0.05, 0) is 35.7 Å². The highest BCUT2D eigenvalue weighted by atomic mass is 16.6. The Hall–Kier alpha value is -3.14. The van der Waals surface area contributed by atoms with Crippen LogP contribution in [0.2, 0.25) is 0 Å². The molecule has 3 aromatic carbocycles. The molecule has 0 saturated carbocycles. The van der Waals surface area contributed by atoms with Gasteiger partial charge in [0.2, 0.25) is 0 Å². The summed E-state index contributed by atoms with van der Waals surface area (Å²) in [7, 11) is 0. The summed E-state index contributed by atoms with van der Waals surface area (Å²) in [6.07, 6.45) is 0. The van der Waals surface area contributed by atoms with Crippen molar-refractivity contribution in [3.8, 4) is 0 Å². The lowest BCUT2D eigenvalue weighted by Gasteiger charge is -2.38. The Kier molecular flexibility index (Phi) is 3.13. The molecule has 1 heterocycles. The Labute approximate surface area is 139 Å². The first-order valence-electron chi connectivity index (χ1n) is 7.81. The molecule has 1 aliphatic rings. The predicted molar refractivity (Wildman–Crippen MR) is 94.8 cm³/mol. The summed E-state index contributed by atoms with van der Waals surface area (Å²) >= 11 is 0. The van der Waals surface area contributed by atoms with Crippen LogP contribution in [0.4, 0.5) is 17.1 Å². The number of anilines is 2. The van der Waals surface area contributed by atoms with Gasteiger partial charge in [-0.1, -0.05) is 48.5 Å². The van der Waals surface area contributed by atoms with Crippen LogP contribution in [-0.4, -0.2) is 4.92 Å². The van der Waals surface area contributed by atoms with Crippen molar-refractivity contribution in [2.75, 3.05) is 5.32 Å². The first kappa shape index (κ1) is 14.5. The third-order valence-electron chi connectivity index (χ3n) is 4.84. The number of rotatable bonds is 2. The van der Waals surface area contributed by atoms with Crippen LogP contribution in [0, 0.1) is 10.1 Å². The van der Waals surface area contributed by atoms with E-state index in [0.717, 1.165) is 28.1 Å². The summed E-state index contributed by atoms with van der Waals surface area (Å²) < 4.78 is 0. The summed E-state index contributed by atoms with van der Waals surface area (Å²) in [5.41, 5.74) is 4.74. The first-order chi connectivity index (χ1) is 11.6. The number of non-ortho nitro benzene ring substituents is 1. The molecule has 0 saturated heterocycles. The third kappa shape index (κ3) is 2.00. The Morgan fingerprint density at radius 1 is 0.875 bits per heavy atom. The van der Waals surface area contributed by atoms with Gasteiger partial charge in [-0.15, -0.1) is 0 Å². The Balaban J connectivity index is 2.05. The van der Waals surface area contributed by atoms with Crippen LogP contribution >= 0.6 is 0 Å². The van der Waals surface area contributed by atoms with E-state index in [1.165, 1.54) is 0 Å². The zero-order chi connectivity index (χ0) is 16.7. The van der Waals surface area contributed by atoms with Crippen molar-refractivity contribution in [1.82, 2.24) is 0 Å². The molecule has 0 aromatic heterocycles. The summed E-state index contributed by atoms with van der Waals surface area (Å²) in [4.78, 5) is 10.9. The lowest BCUT2D eigenvalue weighted by atomic mass is 9.68. The molecule has 1 unspecified atom stereocenters. The molecule has 118 valence electrons. The highest BCUT2D eigenvalue weighted by Gasteiger charge is 2.39. The molecule has 4 rings (SSSR count). The van der Waals surface area contributed by atoms with Gasteiger partial charge in [-0.3, -0.25) is 10.1 Å². The molecule has 1 N–H and O–H groups in total. The zero-order valence-electron chi connectivity index (χ0n) is 13.2. The van der Waals surface area contributed by atoms with Gasteiger partial charge in [-0.2, -0.15) is 0 Å². The van der Waals surface area contributed by atoms with E-state index >= 15 is 0 Å². The summed E-state index contributed by atoms with van der Waals surface area (Å²) in [5.74, 6) is 0. The number of fused-ring (bicyclic) bond motifs is 2. The number of nitro benzene ring substituents is 1. The molecule has 4 heteroatoms. The van der Waals surface area contributed by atoms with Gasteiger partial charge in [0, 0.05) is 28.9 Å². The highest BCUT2D eigenvalue weighted by molar-refractivity contribution is 5.79. The van der Waals surface area contributed by atoms with E-state index in [1.807, 2.05) is 36.4 Å². The Morgan fingerprint density at radius 2 is 1.54 bits per heavy atom. The van der Waals surface area contributed by atoms with Crippen LogP contribution in [-0.2, 0) is 5.41 Å². The molecule has 4 nitrogen and oxygen atoms in total. The average Bonchev–Trinajstić information content (AvgIpc) is 2.62. The van der Waals surface area contributed by atoms with Crippen molar-refractivity contribution in [1.29, 1.82) is 0 Å². The van der Waals surface area contributed by atoms with Crippen molar-refractivity contribution >= 4 is 17.1 Å². The molecule has 0 spiro atoms. The number of hydrogen-bond acceptors (Lipinski definition) is 3. The molecule has 1 aliphatic heterocycles. The van der Waals surface area contributed by atoms with E-state index in [9.17, 15) is 10.1 Å². The molecular weight excluding hydrogens is 300 g/mol. The van der Waals surface area contributed by atoms with Crippen LogP contribution in [0.15, 0.2) is 72.8 Å². The fourth-order valence-corrected chi connectivity index (χ4v) is 3.57. The normalized spacial score (nSPS) is 18.2. The molecule has 1 atom stereocenters. The van der Waals surface area contributed by atoms with Crippen molar-refractivity contribution < 1.29 is 4.92 Å². The molecule has 0 bridgehead atoms. The second-order valence-electron chi connectivity index (χ2n) is 6.15. The average molecular weight is 316 g/mol. The lowest BCUT2D eigenvalue weighted by Crippen LogP contribution is -2.30. The number of nitrogens with one attached hydrogen (secondary N) is 1. The summed E-state index contributed by atoms with van der Waals surface area (Å²) in [6.45, 7) is 2.13. The monoisotopic (exact) mass is 316 g/mol. The van der Waals surface area contributed by atoms with Gasteiger partial charge in [-0.25, -0.2) is 0 Å². The molecule has 0 fully saturated rings. The van der Waals surface area contributed by atoms with Crippen LogP contribution in [0.1, 0.15) is 23.6 Å². The van der Waals surface area contributed by atoms with Crippen molar-refractivity contribution in [2.24, 2.45) is 0 Å². The van der Waals surface area contributed by atoms with Gasteiger partial charge < -0.3 is 5.32 Å². The Bertz CT molecular complexity index is 937. The van der Waals surface area contributed by atoms with E-state index in [1.54, 1.807) is 18.2 Å². The fraction of sp³-hybridized carbons (Fsp3) is 0.100. The first-order valence-corrected chi connectivity index (χ1v) is 7.81. The zero-order valence-corrected chi connectivity index (χ0v) is 13.2. The predicted octanol–water partition coefficient (Wildman–Crippen LogP) is 5.01.